The van der Waals surface area contributed by atoms with Gasteiger partial charge in [0.1, 0.15) is 11.3 Å². The van der Waals surface area contributed by atoms with Crippen molar-refractivity contribution in [3.8, 4) is 5.75 Å². The van der Waals surface area contributed by atoms with Gasteiger partial charge in [-0.25, -0.2) is 4.79 Å². The monoisotopic (exact) mass is 277 g/mol. The maximum atomic E-state index is 12.0. The molecule has 0 aliphatic carbocycles. The Morgan fingerprint density at radius 2 is 2.00 bits per heavy atom. The molecule has 7 heteroatoms. The second-order valence-electron chi connectivity index (χ2n) is 4.11. The predicted octanol–water partition coefficient (Wildman–Crippen LogP) is 2.78. The van der Waals surface area contributed by atoms with Crippen molar-refractivity contribution in [2.24, 2.45) is 0 Å². The Morgan fingerprint density at radius 3 is 2.53 bits per heavy atom. The fourth-order valence-corrected chi connectivity index (χ4v) is 1.29. The Morgan fingerprint density at radius 1 is 1.37 bits per heavy atom. The standard InChI is InChI=1S/C12H14F3NO3/c1-7(2)19-10-4-3-8(16)5-9(10)11(17)18-6-12(13,14)15/h3-5,7H,6,16H2,1-2H3. The van der Waals surface area contributed by atoms with Gasteiger partial charge >= 0.3 is 12.1 Å². The third kappa shape index (κ3) is 5.07. The number of anilines is 1. The molecule has 1 aromatic carbocycles. The summed E-state index contributed by atoms with van der Waals surface area (Å²) >= 11 is 0. The van der Waals surface area contributed by atoms with E-state index < -0.39 is 18.8 Å². The third-order valence-electron chi connectivity index (χ3n) is 1.95. The van der Waals surface area contributed by atoms with Crippen LogP contribution in [0.15, 0.2) is 18.2 Å². The van der Waals surface area contributed by atoms with Crippen molar-refractivity contribution < 1.29 is 27.4 Å². The van der Waals surface area contributed by atoms with E-state index >= 15 is 0 Å². The fraction of sp³-hybridized carbons (Fsp3) is 0.417. The third-order valence-corrected chi connectivity index (χ3v) is 1.95. The van der Waals surface area contributed by atoms with Gasteiger partial charge in [-0.15, -0.1) is 0 Å². The Bertz CT molecular complexity index is 458. The van der Waals surface area contributed by atoms with Gasteiger partial charge in [-0.2, -0.15) is 13.2 Å². The molecule has 1 aromatic rings. The van der Waals surface area contributed by atoms with Gasteiger partial charge in [0.25, 0.3) is 0 Å². The minimum Gasteiger partial charge on any atom is -0.490 e. The van der Waals surface area contributed by atoms with Crippen molar-refractivity contribution in [1.29, 1.82) is 0 Å². The smallest absolute Gasteiger partial charge is 0.422 e. The molecule has 4 nitrogen and oxygen atoms in total. The number of esters is 1. The van der Waals surface area contributed by atoms with Crippen LogP contribution in [0.5, 0.6) is 5.75 Å². The highest BCUT2D eigenvalue weighted by Crippen LogP contribution is 2.24. The van der Waals surface area contributed by atoms with E-state index in [2.05, 4.69) is 4.74 Å². The predicted molar refractivity (Wildman–Crippen MR) is 63.0 cm³/mol. The topological polar surface area (TPSA) is 61.5 Å². The number of hydrogen-bond acceptors (Lipinski definition) is 4. The van der Waals surface area contributed by atoms with Gasteiger partial charge in [-0.3, -0.25) is 0 Å². The van der Waals surface area contributed by atoms with Gasteiger partial charge in [0.15, 0.2) is 6.61 Å². The summed E-state index contributed by atoms with van der Waals surface area (Å²) < 4.78 is 45.5. The lowest BCUT2D eigenvalue weighted by molar-refractivity contribution is -0.161. The molecule has 0 aliphatic rings. The second kappa shape index (κ2) is 5.81. The lowest BCUT2D eigenvalue weighted by atomic mass is 10.2. The molecule has 0 saturated heterocycles. The van der Waals surface area contributed by atoms with Crippen molar-refractivity contribution in [2.45, 2.75) is 26.1 Å². The van der Waals surface area contributed by atoms with E-state index in [1.807, 2.05) is 0 Å². The zero-order valence-electron chi connectivity index (χ0n) is 10.5. The first kappa shape index (κ1) is 15.1. The van der Waals surface area contributed by atoms with Gasteiger partial charge in [-0.1, -0.05) is 0 Å². The number of nitrogens with two attached hydrogens (primary N) is 1. The average Bonchev–Trinajstić information content (AvgIpc) is 2.27. The van der Waals surface area contributed by atoms with Crippen molar-refractivity contribution in [1.82, 2.24) is 0 Å². The first-order valence-electron chi connectivity index (χ1n) is 5.49. The normalized spacial score (nSPS) is 11.5. The molecule has 0 atom stereocenters. The summed E-state index contributed by atoms with van der Waals surface area (Å²) in [5.41, 5.74) is 5.60. The van der Waals surface area contributed by atoms with E-state index in [1.165, 1.54) is 18.2 Å². The second-order valence-corrected chi connectivity index (χ2v) is 4.11. The molecule has 0 bridgehead atoms. The first-order valence-corrected chi connectivity index (χ1v) is 5.49. The molecular formula is C12H14F3NO3. The molecule has 0 radical (unpaired) electrons. The number of alkyl halides is 3. The summed E-state index contributed by atoms with van der Waals surface area (Å²) in [6, 6.07) is 4.12. The minimum atomic E-state index is -4.57. The molecule has 1 rings (SSSR count). The highest BCUT2D eigenvalue weighted by molar-refractivity contribution is 5.93. The lowest BCUT2D eigenvalue weighted by Gasteiger charge is -2.14. The highest BCUT2D eigenvalue weighted by atomic mass is 19.4. The molecule has 19 heavy (non-hydrogen) atoms. The SMILES string of the molecule is CC(C)Oc1ccc(N)cc1C(=O)OCC(F)(F)F. The summed E-state index contributed by atoms with van der Waals surface area (Å²) in [6.45, 7) is 1.80. The van der Waals surface area contributed by atoms with E-state index in [1.54, 1.807) is 13.8 Å². The number of ether oxygens (including phenoxy) is 2. The molecule has 0 unspecified atom stereocenters. The van der Waals surface area contributed by atoms with Gasteiger partial charge < -0.3 is 15.2 Å². The maximum absolute atomic E-state index is 12.0. The van der Waals surface area contributed by atoms with Gasteiger partial charge in [0.05, 0.1) is 6.10 Å². The number of nitrogen functional groups attached to an aromatic ring is 1. The van der Waals surface area contributed by atoms with Crippen LogP contribution in [0.25, 0.3) is 0 Å². The van der Waals surface area contributed by atoms with Gasteiger partial charge in [0, 0.05) is 5.69 Å². The Hall–Kier alpha value is -1.92. The van der Waals surface area contributed by atoms with Crippen LogP contribution in [0.2, 0.25) is 0 Å². The largest absolute Gasteiger partial charge is 0.490 e. The molecule has 106 valence electrons. The van der Waals surface area contributed by atoms with E-state index in [-0.39, 0.29) is 23.1 Å². The molecule has 0 heterocycles. The maximum Gasteiger partial charge on any atom is 0.422 e. The molecule has 2 N–H and O–H groups in total. The van der Waals surface area contributed by atoms with Crippen LogP contribution in [-0.4, -0.2) is 24.9 Å². The molecule has 0 amide bonds. The number of benzene rings is 1. The molecule has 0 fully saturated rings. The van der Waals surface area contributed by atoms with Crippen LogP contribution >= 0.6 is 0 Å². The van der Waals surface area contributed by atoms with E-state index in [4.69, 9.17) is 10.5 Å². The zero-order chi connectivity index (χ0) is 14.6. The highest BCUT2D eigenvalue weighted by Gasteiger charge is 2.30. The van der Waals surface area contributed by atoms with E-state index in [0.717, 1.165) is 0 Å². The van der Waals surface area contributed by atoms with Crippen LogP contribution in [0.4, 0.5) is 18.9 Å². The van der Waals surface area contributed by atoms with Crippen molar-refractivity contribution >= 4 is 11.7 Å². The summed E-state index contributed by atoms with van der Waals surface area (Å²) in [4.78, 5) is 11.6. The van der Waals surface area contributed by atoms with Crippen LogP contribution in [0, 0.1) is 0 Å². The van der Waals surface area contributed by atoms with Crippen molar-refractivity contribution in [3.05, 3.63) is 23.8 Å². The number of carbonyl (C=O) groups is 1. The molecule has 0 aromatic heterocycles. The molecule has 0 spiro atoms. The summed E-state index contributed by atoms with van der Waals surface area (Å²) in [5, 5.41) is 0. The molecule has 0 aliphatic heterocycles. The quantitative estimate of drug-likeness (QED) is 0.679. The summed E-state index contributed by atoms with van der Waals surface area (Å²) in [6.07, 6.45) is -4.81. The summed E-state index contributed by atoms with van der Waals surface area (Å²) in [7, 11) is 0. The van der Waals surface area contributed by atoms with Crippen LogP contribution in [-0.2, 0) is 4.74 Å². The minimum absolute atomic E-state index is 0.127. The average molecular weight is 277 g/mol. The van der Waals surface area contributed by atoms with Gasteiger partial charge in [0.2, 0.25) is 0 Å². The summed E-state index contributed by atoms with van der Waals surface area (Å²) in [5.74, 6) is -0.989. The fourth-order valence-electron chi connectivity index (χ4n) is 1.29. The Labute approximate surface area is 108 Å². The molecular weight excluding hydrogens is 263 g/mol. The van der Waals surface area contributed by atoms with E-state index in [9.17, 15) is 18.0 Å². The number of rotatable bonds is 4. The Balaban J connectivity index is 2.90. The van der Waals surface area contributed by atoms with Crippen molar-refractivity contribution in [2.75, 3.05) is 12.3 Å². The van der Waals surface area contributed by atoms with Gasteiger partial charge in [-0.05, 0) is 32.0 Å². The Kier molecular flexibility index (Phi) is 4.63. The lowest BCUT2D eigenvalue weighted by Crippen LogP contribution is -2.21. The molecule has 0 saturated carbocycles. The number of carbonyl (C=O) groups excluding carboxylic acids is 1. The van der Waals surface area contributed by atoms with Crippen molar-refractivity contribution in [3.63, 3.8) is 0 Å². The van der Waals surface area contributed by atoms with Crippen LogP contribution < -0.4 is 10.5 Å². The van der Waals surface area contributed by atoms with Crippen LogP contribution in [0.3, 0.4) is 0 Å². The van der Waals surface area contributed by atoms with E-state index in [0.29, 0.717) is 0 Å². The number of halogens is 3. The number of hydrogen-bond donors (Lipinski definition) is 1. The zero-order valence-corrected chi connectivity index (χ0v) is 10.5. The van der Waals surface area contributed by atoms with Crippen LogP contribution in [0.1, 0.15) is 24.2 Å². The first-order chi connectivity index (χ1) is 8.69.